The number of hydrogen-bond acceptors (Lipinski definition) is 6. The van der Waals surface area contributed by atoms with Gasteiger partial charge in [-0.1, -0.05) is 47.6 Å². The second-order valence-corrected chi connectivity index (χ2v) is 6.22. The standard InChI is InChI=1S/C17H13ClN2O3S/c18-14-8-4-7-13(11-14)15-19-20-17(23-15)24-10-9-22-16(21)12-5-2-1-3-6-12/h1-8,11H,9-10H2. The zero-order chi connectivity index (χ0) is 16.8. The van der Waals surface area contributed by atoms with Gasteiger partial charge in [0.15, 0.2) is 0 Å². The maximum atomic E-state index is 11.8. The Balaban J connectivity index is 1.49. The SMILES string of the molecule is O=C(OCCSc1nnc(-c2cccc(Cl)c2)o1)c1ccccc1. The topological polar surface area (TPSA) is 65.2 Å². The van der Waals surface area contributed by atoms with Crippen LogP contribution in [0.3, 0.4) is 0 Å². The van der Waals surface area contributed by atoms with E-state index >= 15 is 0 Å². The van der Waals surface area contributed by atoms with E-state index in [1.165, 1.54) is 11.8 Å². The van der Waals surface area contributed by atoms with Gasteiger partial charge in [-0.15, -0.1) is 10.2 Å². The molecule has 1 heterocycles. The lowest BCUT2D eigenvalue weighted by molar-refractivity contribution is 0.0530. The number of ether oxygens (including phenoxy) is 1. The van der Waals surface area contributed by atoms with Gasteiger partial charge in [0.2, 0.25) is 5.89 Å². The van der Waals surface area contributed by atoms with Crippen molar-refractivity contribution in [3.63, 3.8) is 0 Å². The summed E-state index contributed by atoms with van der Waals surface area (Å²) in [5.74, 6) is 0.582. The quantitative estimate of drug-likeness (QED) is 0.370. The third kappa shape index (κ3) is 4.37. The van der Waals surface area contributed by atoms with Crippen LogP contribution in [0.2, 0.25) is 5.02 Å². The molecule has 2 aromatic carbocycles. The van der Waals surface area contributed by atoms with Crippen LogP contribution in [0.4, 0.5) is 0 Å². The summed E-state index contributed by atoms with van der Waals surface area (Å²) >= 11 is 7.27. The molecule has 7 heteroatoms. The average Bonchev–Trinajstić information content (AvgIpc) is 3.08. The Morgan fingerprint density at radius 2 is 1.96 bits per heavy atom. The lowest BCUT2D eigenvalue weighted by Gasteiger charge is -2.03. The molecule has 0 aliphatic carbocycles. The van der Waals surface area contributed by atoms with Gasteiger partial charge in [-0.3, -0.25) is 0 Å². The molecule has 0 amide bonds. The molecule has 0 radical (unpaired) electrons. The zero-order valence-electron chi connectivity index (χ0n) is 12.5. The minimum absolute atomic E-state index is 0.257. The van der Waals surface area contributed by atoms with Gasteiger partial charge in [-0.05, 0) is 30.3 Å². The summed E-state index contributed by atoms with van der Waals surface area (Å²) in [5.41, 5.74) is 1.29. The first-order valence-electron chi connectivity index (χ1n) is 7.17. The number of benzene rings is 2. The Kier molecular flexibility index (Phi) is 5.51. The van der Waals surface area contributed by atoms with E-state index in [0.29, 0.717) is 27.5 Å². The van der Waals surface area contributed by atoms with E-state index in [0.717, 1.165) is 5.56 Å². The minimum atomic E-state index is -0.346. The highest BCUT2D eigenvalue weighted by molar-refractivity contribution is 7.99. The Hall–Kier alpha value is -2.31. The number of nitrogens with zero attached hydrogens (tertiary/aromatic N) is 2. The van der Waals surface area contributed by atoms with Crippen LogP contribution in [-0.2, 0) is 4.74 Å². The van der Waals surface area contributed by atoms with Crippen molar-refractivity contribution < 1.29 is 13.9 Å². The fourth-order valence-electron chi connectivity index (χ4n) is 1.93. The van der Waals surface area contributed by atoms with Crippen LogP contribution in [0.1, 0.15) is 10.4 Å². The van der Waals surface area contributed by atoms with Gasteiger partial charge in [-0.2, -0.15) is 0 Å². The lowest BCUT2D eigenvalue weighted by Crippen LogP contribution is -2.07. The van der Waals surface area contributed by atoms with Crippen molar-refractivity contribution in [3.8, 4) is 11.5 Å². The molecule has 0 saturated carbocycles. The predicted octanol–water partition coefficient (Wildman–Crippen LogP) is 4.34. The summed E-state index contributed by atoms with van der Waals surface area (Å²) in [6.07, 6.45) is 0. The van der Waals surface area contributed by atoms with Crippen LogP contribution < -0.4 is 0 Å². The van der Waals surface area contributed by atoms with Crippen molar-refractivity contribution >= 4 is 29.3 Å². The van der Waals surface area contributed by atoms with Gasteiger partial charge in [0.25, 0.3) is 5.22 Å². The molecular weight excluding hydrogens is 348 g/mol. The highest BCUT2D eigenvalue weighted by atomic mass is 35.5. The van der Waals surface area contributed by atoms with E-state index in [1.807, 2.05) is 18.2 Å². The Morgan fingerprint density at radius 3 is 2.75 bits per heavy atom. The molecule has 0 N–H and O–H groups in total. The molecule has 5 nitrogen and oxygen atoms in total. The van der Waals surface area contributed by atoms with E-state index in [9.17, 15) is 4.79 Å². The van der Waals surface area contributed by atoms with Crippen LogP contribution in [0.5, 0.6) is 0 Å². The molecule has 3 aromatic rings. The smallest absolute Gasteiger partial charge is 0.338 e. The van der Waals surface area contributed by atoms with E-state index in [-0.39, 0.29) is 12.6 Å². The molecule has 1 aromatic heterocycles. The molecule has 0 aliphatic rings. The highest BCUT2D eigenvalue weighted by Gasteiger charge is 2.10. The largest absolute Gasteiger partial charge is 0.461 e. The number of carbonyl (C=O) groups is 1. The Bertz CT molecular complexity index is 823. The molecule has 0 saturated heterocycles. The van der Waals surface area contributed by atoms with Gasteiger partial charge in [0.05, 0.1) is 5.56 Å². The number of hydrogen-bond donors (Lipinski definition) is 0. The van der Waals surface area contributed by atoms with Crippen molar-refractivity contribution in [1.29, 1.82) is 0 Å². The molecule has 0 unspecified atom stereocenters. The molecule has 0 spiro atoms. The second-order valence-electron chi connectivity index (χ2n) is 4.73. The van der Waals surface area contributed by atoms with Crippen molar-refractivity contribution in [2.75, 3.05) is 12.4 Å². The van der Waals surface area contributed by atoms with Crippen molar-refractivity contribution in [1.82, 2.24) is 10.2 Å². The van der Waals surface area contributed by atoms with Crippen LogP contribution >= 0.6 is 23.4 Å². The first-order valence-corrected chi connectivity index (χ1v) is 8.53. The third-order valence-corrected chi connectivity index (χ3v) is 4.05. The second kappa shape index (κ2) is 7.99. The maximum absolute atomic E-state index is 11.8. The molecule has 0 fully saturated rings. The summed E-state index contributed by atoms with van der Waals surface area (Å²) in [5, 5.41) is 8.97. The molecule has 0 aliphatic heterocycles. The first kappa shape index (κ1) is 16.5. The van der Waals surface area contributed by atoms with E-state index in [4.69, 9.17) is 20.8 Å². The van der Waals surface area contributed by atoms with Gasteiger partial charge in [-0.25, -0.2) is 4.79 Å². The van der Waals surface area contributed by atoms with Crippen LogP contribution in [0.15, 0.2) is 64.2 Å². The van der Waals surface area contributed by atoms with Gasteiger partial charge in [0.1, 0.15) is 6.61 Å². The van der Waals surface area contributed by atoms with Crippen LogP contribution in [-0.4, -0.2) is 28.5 Å². The zero-order valence-corrected chi connectivity index (χ0v) is 14.1. The number of aromatic nitrogens is 2. The highest BCUT2D eigenvalue weighted by Crippen LogP contribution is 2.24. The fraction of sp³-hybridized carbons (Fsp3) is 0.118. The Morgan fingerprint density at radius 1 is 1.12 bits per heavy atom. The maximum Gasteiger partial charge on any atom is 0.338 e. The number of esters is 1. The van der Waals surface area contributed by atoms with Crippen molar-refractivity contribution in [2.45, 2.75) is 5.22 Å². The molecule has 0 atom stereocenters. The number of thioether (sulfide) groups is 1. The summed E-state index contributed by atoms with van der Waals surface area (Å²) in [7, 11) is 0. The van der Waals surface area contributed by atoms with E-state index < -0.39 is 0 Å². The summed E-state index contributed by atoms with van der Waals surface area (Å²) in [6.45, 7) is 0.257. The minimum Gasteiger partial charge on any atom is -0.461 e. The average molecular weight is 361 g/mol. The molecule has 3 rings (SSSR count). The molecule has 122 valence electrons. The molecule has 24 heavy (non-hydrogen) atoms. The van der Waals surface area contributed by atoms with Crippen LogP contribution in [0, 0.1) is 0 Å². The predicted molar refractivity (Wildman–Crippen MR) is 92.2 cm³/mol. The van der Waals surface area contributed by atoms with Gasteiger partial charge >= 0.3 is 5.97 Å². The van der Waals surface area contributed by atoms with Crippen LogP contribution in [0.25, 0.3) is 11.5 Å². The lowest BCUT2D eigenvalue weighted by atomic mass is 10.2. The monoisotopic (exact) mass is 360 g/mol. The summed E-state index contributed by atoms with van der Waals surface area (Å²) in [6, 6.07) is 16.0. The van der Waals surface area contributed by atoms with E-state index in [2.05, 4.69) is 10.2 Å². The normalized spacial score (nSPS) is 10.5. The van der Waals surface area contributed by atoms with Crippen molar-refractivity contribution in [3.05, 3.63) is 65.2 Å². The van der Waals surface area contributed by atoms with Gasteiger partial charge < -0.3 is 9.15 Å². The number of halogens is 1. The first-order chi connectivity index (χ1) is 11.7. The fourth-order valence-corrected chi connectivity index (χ4v) is 2.70. The molecule has 0 bridgehead atoms. The summed E-state index contributed by atoms with van der Waals surface area (Å²) in [4.78, 5) is 11.8. The molecular formula is C17H13ClN2O3S. The summed E-state index contributed by atoms with van der Waals surface area (Å²) < 4.78 is 10.7. The van der Waals surface area contributed by atoms with Gasteiger partial charge in [0, 0.05) is 16.3 Å². The Labute approximate surface area is 148 Å². The van der Waals surface area contributed by atoms with E-state index in [1.54, 1.807) is 36.4 Å². The third-order valence-electron chi connectivity index (χ3n) is 3.03. The number of rotatable bonds is 6. The van der Waals surface area contributed by atoms with Crippen molar-refractivity contribution in [2.24, 2.45) is 0 Å². The number of carbonyl (C=O) groups excluding carboxylic acids is 1.